The van der Waals surface area contributed by atoms with Gasteiger partial charge >= 0.3 is 0 Å². The lowest BCUT2D eigenvalue weighted by atomic mass is 9.95. The lowest BCUT2D eigenvalue weighted by Gasteiger charge is -2.21. The molecule has 4 heteroatoms. The first-order valence-corrected chi connectivity index (χ1v) is 7.16. The summed E-state index contributed by atoms with van der Waals surface area (Å²) in [4.78, 5) is 12.0. The van der Waals surface area contributed by atoms with Gasteiger partial charge in [-0.25, -0.2) is 0 Å². The van der Waals surface area contributed by atoms with E-state index in [1.807, 2.05) is 32.9 Å². The third-order valence-electron chi connectivity index (χ3n) is 3.78. The summed E-state index contributed by atoms with van der Waals surface area (Å²) >= 11 is 0. The molecule has 0 radical (unpaired) electrons. The second kappa shape index (κ2) is 4.69. The van der Waals surface area contributed by atoms with Crippen LogP contribution in [-0.2, 0) is 4.79 Å². The summed E-state index contributed by atoms with van der Waals surface area (Å²) < 4.78 is 11.3. The van der Waals surface area contributed by atoms with Crippen LogP contribution in [0.15, 0.2) is 18.2 Å². The van der Waals surface area contributed by atoms with E-state index in [0.29, 0.717) is 19.1 Å². The maximum Gasteiger partial charge on any atom is 0.225 e. The van der Waals surface area contributed by atoms with E-state index in [4.69, 9.17) is 9.47 Å². The first-order chi connectivity index (χ1) is 9.47. The van der Waals surface area contributed by atoms with Crippen LogP contribution in [-0.4, -0.2) is 25.2 Å². The molecule has 4 nitrogen and oxygen atoms in total. The Kier molecular flexibility index (Phi) is 3.11. The Hall–Kier alpha value is -1.71. The molecule has 1 saturated carbocycles. The zero-order valence-corrected chi connectivity index (χ0v) is 12.2. The summed E-state index contributed by atoms with van der Waals surface area (Å²) in [7, 11) is 0. The molecule has 0 bridgehead atoms. The van der Waals surface area contributed by atoms with Gasteiger partial charge in [-0.05, 0) is 12.5 Å². The highest BCUT2D eigenvalue weighted by Gasteiger charge is 2.43. The lowest BCUT2D eigenvalue weighted by Crippen LogP contribution is -2.36. The molecule has 1 aromatic carbocycles. The number of hydrogen-bond acceptors (Lipinski definition) is 3. The molecule has 0 aromatic heterocycles. The van der Waals surface area contributed by atoms with Crippen LogP contribution < -0.4 is 14.8 Å². The van der Waals surface area contributed by atoms with Crippen molar-refractivity contribution in [2.75, 3.05) is 13.2 Å². The number of rotatable bonds is 2. The minimum Gasteiger partial charge on any atom is -0.486 e. The van der Waals surface area contributed by atoms with E-state index in [1.165, 1.54) is 0 Å². The summed E-state index contributed by atoms with van der Waals surface area (Å²) in [6, 6.07) is 6.22. The molecule has 1 aromatic rings. The van der Waals surface area contributed by atoms with E-state index < -0.39 is 0 Å². The van der Waals surface area contributed by atoms with Gasteiger partial charge in [0.25, 0.3) is 0 Å². The molecular formula is C16H21NO3. The number of para-hydroxylation sites is 1. The topological polar surface area (TPSA) is 47.6 Å². The Morgan fingerprint density at radius 3 is 2.75 bits per heavy atom. The molecule has 1 fully saturated rings. The third kappa shape index (κ3) is 2.47. The Morgan fingerprint density at radius 1 is 1.25 bits per heavy atom. The SMILES string of the molecule is CC(C)(C)C(=O)NC1CC1c1cccc2c1OCCO2. The Balaban J connectivity index is 1.72. The van der Waals surface area contributed by atoms with Gasteiger partial charge in [-0.2, -0.15) is 0 Å². The minimum atomic E-state index is -0.344. The second-order valence-electron chi connectivity index (χ2n) is 6.54. The number of fused-ring (bicyclic) bond motifs is 1. The summed E-state index contributed by atoms with van der Waals surface area (Å²) in [5, 5.41) is 3.11. The predicted molar refractivity (Wildman–Crippen MR) is 76.2 cm³/mol. The molecule has 0 saturated heterocycles. The van der Waals surface area contributed by atoms with Crippen LogP contribution in [0.4, 0.5) is 0 Å². The minimum absolute atomic E-state index is 0.104. The van der Waals surface area contributed by atoms with Gasteiger partial charge in [0.05, 0.1) is 0 Å². The first-order valence-electron chi connectivity index (χ1n) is 7.16. The maximum atomic E-state index is 12.0. The molecule has 1 aliphatic heterocycles. The lowest BCUT2D eigenvalue weighted by molar-refractivity contribution is -0.128. The van der Waals surface area contributed by atoms with E-state index in [9.17, 15) is 4.79 Å². The van der Waals surface area contributed by atoms with E-state index >= 15 is 0 Å². The molecule has 20 heavy (non-hydrogen) atoms. The van der Waals surface area contributed by atoms with Crippen molar-refractivity contribution in [2.45, 2.75) is 39.2 Å². The number of carbonyl (C=O) groups excluding carboxylic acids is 1. The molecule has 1 aliphatic carbocycles. The van der Waals surface area contributed by atoms with Crippen molar-refractivity contribution in [1.82, 2.24) is 5.32 Å². The molecule has 1 heterocycles. The van der Waals surface area contributed by atoms with Gasteiger partial charge in [0.15, 0.2) is 11.5 Å². The van der Waals surface area contributed by atoms with Crippen LogP contribution >= 0.6 is 0 Å². The average Bonchev–Trinajstić information content (AvgIpc) is 3.16. The van der Waals surface area contributed by atoms with Gasteiger partial charge in [0, 0.05) is 22.9 Å². The van der Waals surface area contributed by atoms with Crippen LogP contribution in [0.1, 0.15) is 38.7 Å². The summed E-state index contributed by atoms with van der Waals surface area (Å²) in [6.07, 6.45) is 0.974. The second-order valence-corrected chi connectivity index (χ2v) is 6.54. The Morgan fingerprint density at radius 2 is 2.00 bits per heavy atom. The van der Waals surface area contributed by atoms with Crippen molar-refractivity contribution in [3.63, 3.8) is 0 Å². The number of carbonyl (C=O) groups is 1. The maximum absolute atomic E-state index is 12.0. The fourth-order valence-corrected chi connectivity index (χ4v) is 2.47. The van der Waals surface area contributed by atoms with Crippen molar-refractivity contribution in [2.24, 2.45) is 5.41 Å². The standard InChI is InChI=1S/C16H21NO3/c1-16(2,3)15(18)17-12-9-11(12)10-5-4-6-13-14(10)20-8-7-19-13/h4-6,11-12H,7-9H2,1-3H3,(H,17,18). The van der Waals surface area contributed by atoms with Crippen LogP contribution in [0.2, 0.25) is 0 Å². The van der Waals surface area contributed by atoms with E-state index in [1.54, 1.807) is 0 Å². The predicted octanol–water partition coefficient (Wildman–Crippen LogP) is 2.48. The number of hydrogen-bond donors (Lipinski definition) is 1. The fourth-order valence-electron chi connectivity index (χ4n) is 2.47. The van der Waals surface area contributed by atoms with Crippen LogP contribution in [0, 0.1) is 5.41 Å². The Labute approximate surface area is 119 Å². The monoisotopic (exact) mass is 275 g/mol. The normalized spacial score (nSPS) is 24.1. The van der Waals surface area contributed by atoms with Gasteiger partial charge in [-0.15, -0.1) is 0 Å². The van der Waals surface area contributed by atoms with E-state index in [2.05, 4.69) is 11.4 Å². The van der Waals surface area contributed by atoms with Crippen molar-refractivity contribution >= 4 is 5.91 Å². The zero-order chi connectivity index (χ0) is 14.3. The summed E-state index contributed by atoms with van der Waals surface area (Å²) in [5.74, 6) is 2.13. The third-order valence-corrected chi connectivity index (χ3v) is 3.78. The van der Waals surface area contributed by atoms with Crippen molar-refractivity contribution < 1.29 is 14.3 Å². The van der Waals surface area contributed by atoms with Gasteiger partial charge in [-0.3, -0.25) is 4.79 Å². The van der Waals surface area contributed by atoms with E-state index in [0.717, 1.165) is 23.5 Å². The largest absolute Gasteiger partial charge is 0.486 e. The number of ether oxygens (including phenoxy) is 2. The highest BCUT2D eigenvalue weighted by Crippen LogP contribution is 2.48. The zero-order valence-electron chi connectivity index (χ0n) is 12.2. The summed E-state index contributed by atoms with van der Waals surface area (Å²) in [6.45, 7) is 6.99. The van der Waals surface area contributed by atoms with E-state index in [-0.39, 0.29) is 17.4 Å². The van der Waals surface area contributed by atoms with Crippen LogP contribution in [0.3, 0.4) is 0 Å². The number of nitrogens with one attached hydrogen (secondary N) is 1. The smallest absolute Gasteiger partial charge is 0.225 e. The first kappa shape index (κ1) is 13.3. The quantitative estimate of drug-likeness (QED) is 0.902. The summed E-state index contributed by atoms with van der Waals surface area (Å²) in [5.41, 5.74) is 0.810. The highest BCUT2D eigenvalue weighted by atomic mass is 16.6. The van der Waals surface area contributed by atoms with Gasteiger partial charge in [0.1, 0.15) is 13.2 Å². The van der Waals surface area contributed by atoms with Crippen molar-refractivity contribution in [1.29, 1.82) is 0 Å². The van der Waals surface area contributed by atoms with Gasteiger partial charge in [-0.1, -0.05) is 32.9 Å². The molecular weight excluding hydrogens is 254 g/mol. The van der Waals surface area contributed by atoms with Crippen molar-refractivity contribution in [3.05, 3.63) is 23.8 Å². The average molecular weight is 275 g/mol. The van der Waals surface area contributed by atoms with Gasteiger partial charge < -0.3 is 14.8 Å². The van der Waals surface area contributed by atoms with Gasteiger partial charge in [0.2, 0.25) is 5.91 Å². The molecule has 1 N–H and O–H groups in total. The Bertz CT molecular complexity index is 533. The fraction of sp³-hybridized carbons (Fsp3) is 0.562. The van der Waals surface area contributed by atoms with Crippen LogP contribution in [0.5, 0.6) is 11.5 Å². The number of benzene rings is 1. The molecule has 3 rings (SSSR count). The molecule has 2 atom stereocenters. The molecule has 2 unspecified atom stereocenters. The molecule has 2 aliphatic rings. The molecule has 108 valence electrons. The molecule has 0 spiro atoms. The van der Waals surface area contributed by atoms with Crippen LogP contribution in [0.25, 0.3) is 0 Å². The van der Waals surface area contributed by atoms with Crippen molar-refractivity contribution in [3.8, 4) is 11.5 Å². The number of amides is 1. The molecule has 1 amide bonds. The highest BCUT2D eigenvalue weighted by molar-refractivity contribution is 5.82.